The molecule has 3 N–H and O–H groups in total. The standard InChI is InChI=1S/C34H37NO10/c1-3-28(24-10-6-4-7-11-24)32(25-12-8-5-9-13-25)26-14-16-27(17-15-26)43-19-18-35(2)23-45-31(39)21-34(42,33(40)41)20-30(38)44-22-29(36)37/h4-17,42H,3,18-23H2,1-2H3,(H,36,37)(H,40,41)/b32-28-. The van der Waals surface area contributed by atoms with E-state index in [1.165, 1.54) is 5.57 Å². The van der Waals surface area contributed by atoms with Gasteiger partial charge in [-0.05, 0) is 53.4 Å². The molecule has 0 saturated heterocycles. The molecule has 0 radical (unpaired) electrons. The van der Waals surface area contributed by atoms with Crippen LogP contribution >= 0.6 is 0 Å². The van der Waals surface area contributed by atoms with Crippen molar-refractivity contribution in [2.75, 3.05) is 33.5 Å². The van der Waals surface area contributed by atoms with E-state index >= 15 is 0 Å². The lowest BCUT2D eigenvalue weighted by atomic mass is 9.88. The molecular weight excluding hydrogens is 582 g/mol. The van der Waals surface area contributed by atoms with Gasteiger partial charge in [-0.2, -0.15) is 0 Å². The molecule has 0 fully saturated rings. The van der Waals surface area contributed by atoms with Gasteiger partial charge in [0.2, 0.25) is 0 Å². The van der Waals surface area contributed by atoms with Crippen LogP contribution in [0.3, 0.4) is 0 Å². The average Bonchev–Trinajstić information content (AvgIpc) is 3.02. The van der Waals surface area contributed by atoms with E-state index in [4.69, 9.17) is 14.6 Å². The van der Waals surface area contributed by atoms with Crippen LogP contribution in [0.25, 0.3) is 11.1 Å². The van der Waals surface area contributed by atoms with Crippen molar-refractivity contribution >= 4 is 35.0 Å². The van der Waals surface area contributed by atoms with Crippen LogP contribution in [0.5, 0.6) is 5.75 Å². The van der Waals surface area contributed by atoms with E-state index in [9.17, 15) is 29.4 Å². The molecular formula is C34H37NO10. The van der Waals surface area contributed by atoms with Crippen LogP contribution in [0, 0.1) is 0 Å². The van der Waals surface area contributed by atoms with Gasteiger partial charge < -0.3 is 29.5 Å². The third kappa shape index (κ3) is 10.6. The summed E-state index contributed by atoms with van der Waals surface area (Å²) >= 11 is 0. The van der Waals surface area contributed by atoms with Gasteiger partial charge in [-0.1, -0.05) is 79.7 Å². The Morgan fingerprint density at radius 1 is 0.756 bits per heavy atom. The fourth-order valence-corrected chi connectivity index (χ4v) is 4.50. The van der Waals surface area contributed by atoms with Crippen LogP contribution in [0.4, 0.5) is 0 Å². The molecule has 238 valence electrons. The summed E-state index contributed by atoms with van der Waals surface area (Å²) in [6, 6.07) is 28.3. The summed E-state index contributed by atoms with van der Waals surface area (Å²) < 4.78 is 15.3. The third-order valence-corrected chi connectivity index (χ3v) is 6.80. The van der Waals surface area contributed by atoms with Gasteiger partial charge >= 0.3 is 23.9 Å². The summed E-state index contributed by atoms with van der Waals surface area (Å²) in [5, 5.41) is 28.1. The zero-order valence-corrected chi connectivity index (χ0v) is 25.2. The van der Waals surface area contributed by atoms with Gasteiger partial charge in [0.25, 0.3) is 0 Å². The molecule has 3 rings (SSSR count). The Balaban J connectivity index is 1.55. The second-order valence-electron chi connectivity index (χ2n) is 10.3. The molecule has 0 spiro atoms. The van der Waals surface area contributed by atoms with Crippen LogP contribution in [0.2, 0.25) is 0 Å². The molecule has 11 nitrogen and oxygen atoms in total. The summed E-state index contributed by atoms with van der Waals surface area (Å²) in [5.41, 5.74) is 2.89. The lowest BCUT2D eigenvalue weighted by Gasteiger charge is -2.22. The smallest absolute Gasteiger partial charge is 0.341 e. The normalized spacial score (nSPS) is 12.9. The lowest BCUT2D eigenvalue weighted by Crippen LogP contribution is -2.44. The van der Waals surface area contributed by atoms with E-state index < -0.39 is 48.9 Å². The minimum Gasteiger partial charge on any atom is -0.492 e. The number of allylic oxidation sites excluding steroid dienone is 1. The molecule has 0 amide bonds. The van der Waals surface area contributed by atoms with E-state index in [1.807, 2.05) is 60.7 Å². The number of likely N-dealkylation sites (N-methyl/N-ethyl adjacent to an activating group) is 1. The molecule has 1 unspecified atom stereocenters. The Morgan fingerprint density at radius 3 is 1.82 bits per heavy atom. The first kappa shape index (κ1) is 34.5. The van der Waals surface area contributed by atoms with Crippen molar-refractivity contribution in [2.45, 2.75) is 31.8 Å². The number of hydrogen-bond donors (Lipinski definition) is 3. The minimum absolute atomic E-state index is 0.231. The number of carbonyl (C=O) groups is 4. The summed E-state index contributed by atoms with van der Waals surface area (Å²) in [5.74, 6) is -5.01. The van der Waals surface area contributed by atoms with E-state index in [-0.39, 0.29) is 13.3 Å². The number of ether oxygens (including phenoxy) is 3. The van der Waals surface area contributed by atoms with Crippen molar-refractivity contribution in [3.05, 3.63) is 102 Å². The number of carboxylic acid groups (broad SMARTS) is 2. The molecule has 0 aliphatic heterocycles. The minimum atomic E-state index is -2.81. The maximum Gasteiger partial charge on any atom is 0.341 e. The van der Waals surface area contributed by atoms with Gasteiger partial charge in [-0.3, -0.25) is 14.5 Å². The zero-order valence-electron chi connectivity index (χ0n) is 25.2. The van der Waals surface area contributed by atoms with Crippen LogP contribution < -0.4 is 4.74 Å². The van der Waals surface area contributed by atoms with E-state index in [0.717, 1.165) is 28.7 Å². The molecule has 0 bridgehead atoms. The first-order valence-corrected chi connectivity index (χ1v) is 14.3. The van der Waals surface area contributed by atoms with Gasteiger partial charge in [0, 0.05) is 6.54 Å². The fourth-order valence-electron chi connectivity index (χ4n) is 4.50. The fraction of sp³-hybridized carbons (Fsp3) is 0.294. The second-order valence-corrected chi connectivity index (χ2v) is 10.3. The van der Waals surface area contributed by atoms with Gasteiger partial charge in [0.1, 0.15) is 19.1 Å². The Morgan fingerprint density at radius 2 is 1.29 bits per heavy atom. The number of esters is 2. The number of aliphatic carboxylic acids is 2. The molecule has 45 heavy (non-hydrogen) atoms. The Hall–Kier alpha value is -5.00. The number of rotatable bonds is 17. The molecule has 3 aromatic rings. The SMILES string of the molecule is CC/C(=C(\c1ccccc1)c1ccc(OCCN(C)COC(=O)CC(O)(CC(=O)OCC(=O)O)C(=O)O)cc1)c1ccccc1. The van der Waals surface area contributed by atoms with Crippen molar-refractivity contribution in [1.29, 1.82) is 0 Å². The summed E-state index contributed by atoms with van der Waals surface area (Å²) in [7, 11) is 1.65. The maximum atomic E-state index is 12.2. The Bertz CT molecular complexity index is 1470. The molecule has 0 aliphatic carbocycles. The largest absolute Gasteiger partial charge is 0.492 e. The molecule has 0 aliphatic rings. The predicted octanol–water partition coefficient (Wildman–Crippen LogP) is 4.09. The monoisotopic (exact) mass is 619 g/mol. The Kier molecular flexibility index (Phi) is 12.8. The van der Waals surface area contributed by atoms with Gasteiger partial charge in [-0.25, -0.2) is 9.59 Å². The summed E-state index contributed by atoms with van der Waals surface area (Å²) in [4.78, 5) is 47.5. The quantitative estimate of drug-likeness (QED) is 0.113. The van der Waals surface area contributed by atoms with Crippen molar-refractivity contribution < 1.29 is 48.7 Å². The van der Waals surface area contributed by atoms with E-state index in [0.29, 0.717) is 12.3 Å². The molecule has 3 aromatic carbocycles. The number of carboxylic acids is 2. The van der Waals surface area contributed by atoms with Crippen molar-refractivity contribution in [3.8, 4) is 5.75 Å². The van der Waals surface area contributed by atoms with Crippen LogP contribution in [0.1, 0.15) is 42.9 Å². The number of hydrogen-bond acceptors (Lipinski definition) is 9. The van der Waals surface area contributed by atoms with Crippen LogP contribution in [0.15, 0.2) is 84.9 Å². The van der Waals surface area contributed by atoms with Crippen molar-refractivity contribution in [2.24, 2.45) is 0 Å². The molecule has 11 heteroatoms. The first-order valence-electron chi connectivity index (χ1n) is 14.3. The summed E-state index contributed by atoms with van der Waals surface area (Å²) in [6.45, 7) is 1.51. The van der Waals surface area contributed by atoms with E-state index in [1.54, 1.807) is 11.9 Å². The van der Waals surface area contributed by atoms with Crippen LogP contribution in [-0.4, -0.2) is 83.2 Å². The van der Waals surface area contributed by atoms with Crippen molar-refractivity contribution in [3.63, 3.8) is 0 Å². The van der Waals surface area contributed by atoms with Gasteiger partial charge in [0.15, 0.2) is 12.2 Å². The molecule has 1 atom stereocenters. The lowest BCUT2D eigenvalue weighted by molar-refractivity contribution is -0.175. The molecule has 0 saturated carbocycles. The van der Waals surface area contributed by atoms with E-state index in [2.05, 4.69) is 35.9 Å². The van der Waals surface area contributed by atoms with Gasteiger partial charge in [0.05, 0.1) is 12.8 Å². The molecule has 0 heterocycles. The zero-order chi connectivity index (χ0) is 32.8. The Labute approximate surface area is 261 Å². The maximum absolute atomic E-state index is 12.2. The average molecular weight is 620 g/mol. The predicted molar refractivity (Wildman–Crippen MR) is 165 cm³/mol. The summed E-state index contributed by atoms with van der Waals surface area (Å²) in [6.07, 6.45) is -1.31. The third-order valence-electron chi connectivity index (χ3n) is 6.80. The van der Waals surface area contributed by atoms with Gasteiger partial charge in [-0.15, -0.1) is 0 Å². The highest BCUT2D eigenvalue weighted by atomic mass is 16.6. The highest BCUT2D eigenvalue weighted by Gasteiger charge is 2.42. The number of benzene rings is 3. The topological polar surface area (TPSA) is 160 Å². The second kappa shape index (κ2) is 16.7. The number of aliphatic hydroxyl groups is 1. The van der Waals surface area contributed by atoms with Crippen LogP contribution in [-0.2, 0) is 28.7 Å². The van der Waals surface area contributed by atoms with Crippen molar-refractivity contribution in [1.82, 2.24) is 4.90 Å². The number of nitrogens with zero attached hydrogens (tertiary/aromatic N) is 1. The molecule has 0 aromatic heterocycles. The highest BCUT2D eigenvalue weighted by molar-refractivity contribution is 5.98. The first-order chi connectivity index (χ1) is 21.5. The number of carbonyl (C=O) groups excluding carboxylic acids is 2. The highest BCUT2D eigenvalue weighted by Crippen LogP contribution is 2.34.